The molecule has 8 nitrogen and oxygen atoms in total. The molecule has 30 heavy (non-hydrogen) atoms. The summed E-state index contributed by atoms with van der Waals surface area (Å²) in [6.07, 6.45) is 4.79. The van der Waals surface area contributed by atoms with E-state index in [2.05, 4.69) is 14.9 Å². The van der Waals surface area contributed by atoms with Gasteiger partial charge in [-0.05, 0) is 41.7 Å². The highest BCUT2D eigenvalue weighted by atomic mass is 32.2. The van der Waals surface area contributed by atoms with Gasteiger partial charge in [0.25, 0.3) is 0 Å². The van der Waals surface area contributed by atoms with Crippen LogP contribution < -0.4 is 9.62 Å². The van der Waals surface area contributed by atoms with E-state index in [4.69, 9.17) is 0 Å². The largest absolute Gasteiger partial charge is 0.312 e. The van der Waals surface area contributed by atoms with Crippen molar-refractivity contribution in [2.24, 2.45) is 0 Å². The highest BCUT2D eigenvalue weighted by Gasteiger charge is 2.33. The number of aryl methyl sites for hydroxylation is 1. The van der Waals surface area contributed by atoms with Crippen molar-refractivity contribution in [2.75, 3.05) is 11.4 Å². The zero-order valence-electron chi connectivity index (χ0n) is 16.2. The molecular weight excluding hydrogens is 402 g/mol. The number of amides is 1. The van der Waals surface area contributed by atoms with E-state index < -0.39 is 16.1 Å². The Balaban J connectivity index is 1.49. The van der Waals surface area contributed by atoms with E-state index >= 15 is 0 Å². The van der Waals surface area contributed by atoms with Gasteiger partial charge in [0.15, 0.2) is 0 Å². The fourth-order valence-corrected chi connectivity index (χ4v) is 5.55. The second-order valence-electron chi connectivity index (χ2n) is 7.55. The summed E-state index contributed by atoms with van der Waals surface area (Å²) in [4.78, 5) is 15.6. The molecule has 2 aromatic carbocycles. The number of nitrogens with one attached hydrogen (secondary N) is 1. The highest BCUT2D eigenvalue weighted by molar-refractivity contribution is 7.89. The van der Waals surface area contributed by atoms with Crippen LogP contribution in [0.4, 0.5) is 5.69 Å². The monoisotopic (exact) mass is 423 g/mol. The van der Waals surface area contributed by atoms with Crippen molar-refractivity contribution < 1.29 is 13.2 Å². The molecule has 5 rings (SSSR count). The second kappa shape index (κ2) is 7.33. The molecular formula is C21H21N5O3S. The molecule has 2 aliphatic rings. The minimum absolute atomic E-state index is 0.117. The molecule has 0 saturated heterocycles. The number of anilines is 1. The molecule has 3 aromatic rings. The topological polar surface area (TPSA) is 97.2 Å². The van der Waals surface area contributed by atoms with Crippen LogP contribution in [0.2, 0.25) is 0 Å². The predicted molar refractivity (Wildman–Crippen MR) is 110 cm³/mol. The van der Waals surface area contributed by atoms with Gasteiger partial charge in [0, 0.05) is 13.0 Å². The van der Waals surface area contributed by atoms with E-state index in [1.807, 2.05) is 30.3 Å². The molecule has 3 heterocycles. The Kier molecular flexibility index (Phi) is 4.63. The van der Waals surface area contributed by atoms with Gasteiger partial charge < -0.3 is 4.90 Å². The summed E-state index contributed by atoms with van der Waals surface area (Å²) >= 11 is 0. The van der Waals surface area contributed by atoms with E-state index in [0.717, 1.165) is 22.4 Å². The van der Waals surface area contributed by atoms with Crippen LogP contribution in [0.3, 0.4) is 0 Å². The molecule has 9 heteroatoms. The summed E-state index contributed by atoms with van der Waals surface area (Å²) in [6, 6.07) is 12.3. The quantitative estimate of drug-likeness (QED) is 0.652. The third-order valence-corrected chi connectivity index (χ3v) is 7.10. The maximum Gasteiger partial charge on any atom is 0.241 e. The van der Waals surface area contributed by atoms with Gasteiger partial charge in [0.05, 0.1) is 35.6 Å². The van der Waals surface area contributed by atoms with Crippen LogP contribution in [0.15, 0.2) is 59.8 Å². The first kappa shape index (κ1) is 19.0. The van der Waals surface area contributed by atoms with Gasteiger partial charge in [-0.25, -0.2) is 13.1 Å². The first-order chi connectivity index (χ1) is 14.5. The average molecular weight is 423 g/mol. The van der Waals surface area contributed by atoms with E-state index in [1.54, 1.807) is 29.4 Å². The zero-order chi connectivity index (χ0) is 20.7. The Morgan fingerprint density at radius 1 is 1.00 bits per heavy atom. The average Bonchev–Trinajstić information content (AvgIpc) is 3.41. The van der Waals surface area contributed by atoms with E-state index in [-0.39, 0.29) is 17.3 Å². The third-order valence-electron chi connectivity index (χ3n) is 5.65. The van der Waals surface area contributed by atoms with Crippen molar-refractivity contribution in [1.29, 1.82) is 0 Å². The normalized spacial score (nSPS) is 16.5. The van der Waals surface area contributed by atoms with Gasteiger partial charge in [-0.3, -0.25) is 4.79 Å². The summed E-state index contributed by atoms with van der Waals surface area (Å²) in [7, 11) is -3.79. The molecule has 0 bridgehead atoms. The van der Waals surface area contributed by atoms with Crippen molar-refractivity contribution in [3.8, 4) is 0 Å². The maximum atomic E-state index is 13.3. The standard InChI is InChI=1S/C21H21N5O3S/c27-20-7-6-16-12-18(13-17-8-11-25(20)21(16)17)30(28,29)24-19(14-26-22-9-10-23-26)15-4-2-1-3-5-15/h1-5,9-10,12-13,19,24H,6-8,11,14H2. The maximum absolute atomic E-state index is 13.3. The van der Waals surface area contributed by atoms with Gasteiger partial charge in [0.1, 0.15) is 0 Å². The molecule has 0 aliphatic carbocycles. The molecule has 1 unspecified atom stereocenters. The SMILES string of the molecule is O=C1CCc2cc(S(=O)(=O)NC(Cn3nccn3)c3ccccc3)cc3c2N1CC3. The Morgan fingerprint density at radius 2 is 1.70 bits per heavy atom. The number of hydrogen-bond donors (Lipinski definition) is 1. The Bertz CT molecular complexity index is 1190. The molecule has 1 amide bonds. The first-order valence-corrected chi connectivity index (χ1v) is 11.4. The van der Waals surface area contributed by atoms with Crippen molar-refractivity contribution in [3.63, 3.8) is 0 Å². The fourth-order valence-electron chi connectivity index (χ4n) is 4.23. The fraction of sp³-hybridized carbons (Fsp3) is 0.286. The lowest BCUT2D eigenvalue weighted by Gasteiger charge is -2.26. The van der Waals surface area contributed by atoms with Gasteiger partial charge in [-0.1, -0.05) is 30.3 Å². The predicted octanol–water partition coefficient (Wildman–Crippen LogP) is 1.83. The third kappa shape index (κ3) is 3.40. The smallest absolute Gasteiger partial charge is 0.241 e. The molecule has 0 fully saturated rings. The summed E-state index contributed by atoms with van der Waals surface area (Å²) < 4.78 is 29.5. The number of benzene rings is 2. The molecule has 1 atom stereocenters. The van der Waals surface area contributed by atoms with Gasteiger partial charge in [0.2, 0.25) is 15.9 Å². The van der Waals surface area contributed by atoms with Crippen molar-refractivity contribution in [3.05, 3.63) is 71.5 Å². The van der Waals surface area contributed by atoms with Crippen LogP contribution in [0.25, 0.3) is 0 Å². The first-order valence-electron chi connectivity index (χ1n) is 9.89. The van der Waals surface area contributed by atoms with Crippen molar-refractivity contribution in [2.45, 2.75) is 36.7 Å². The lowest BCUT2D eigenvalue weighted by atomic mass is 10.00. The molecule has 0 spiro atoms. The highest BCUT2D eigenvalue weighted by Crippen LogP contribution is 2.38. The van der Waals surface area contributed by atoms with Crippen LogP contribution in [-0.2, 0) is 34.2 Å². The Hall–Kier alpha value is -3.04. The zero-order valence-corrected chi connectivity index (χ0v) is 17.0. The van der Waals surface area contributed by atoms with Crippen LogP contribution in [0, 0.1) is 0 Å². The van der Waals surface area contributed by atoms with Crippen LogP contribution in [-0.4, -0.2) is 35.9 Å². The van der Waals surface area contributed by atoms with Gasteiger partial charge in [-0.15, -0.1) is 0 Å². The molecule has 154 valence electrons. The number of hydrogen-bond acceptors (Lipinski definition) is 5. The van der Waals surface area contributed by atoms with Crippen LogP contribution in [0.5, 0.6) is 0 Å². The number of carbonyl (C=O) groups is 1. The minimum Gasteiger partial charge on any atom is -0.312 e. The number of carbonyl (C=O) groups excluding carboxylic acids is 1. The van der Waals surface area contributed by atoms with Crippen LogP contribution in [0.1, 0.15) is 29.2 Å². The molecule has 0 saturated carbocycles. The van der Waals surface area contributed by atoms with Crippen molar-refractivity contribution >= 4 is 21.6 Å². The van der Waals surface area contributed by atoms with E-state index in [1.165, 1.54) is 4.80 Å². The summed E-state index contributed by atoms with van der Waals surface area (Å²) in [6.45, 7) is 0.895. The minimum atomic E-state index is -3.79. The number of rotatable bonds is 6. The van der Waals surface area contributed by atoms with Gasteiger partial charge >= 0.3 is 0 Å². The summed E-state index contributed by atoms with van der Waals surface area (Å²) in [5, 5.41) is 8.23. The van der Waals surface area contributed by atoms with Crippen molar-refractivity contribution in [1.82, 2.24) is 19.7 Å². The number of sulfonamides is 1. The number of aromatic nitrogens is 3. The van der Waals surface area contributed by atoms with E-state index in [9.17, 15) is 13.2 Å². The Morgan fingerprint density at radius 3 is 2.43 bits per heavy atom. The second-order valence-corrected chi connectivity index (χ2v) is 9.27. The molecule has 0 radical (unpaired) electrons. The molecule has 1 N–H and O–H groups in total. The number of nitrogens with zero attached hydrogens (tertiary/aromatic N) is 4. The molecule has 1 aromatic heterocycles. The molecule has 2 aliphatic heterocycles. The lowest BCUT2D eigenvalue weighted by molar-refractivity contribution is -0.118. The van der Waals surface area contributed by atoms with Crippen LogP contribution >= 0.6 is 0 Å². The van der Waals surface area contributed by atoms with E-state index in [0.29, 0.717) is 25.8 Å². The summed E-state index contributed by atoms with van der Waals surface area (Å²) in [5.74, 6) is 0.117. The lowest BCUT2D eigenvalue weighted by Crippen LogP contribution is -2.34. The Labute approximate surface area is 174 Å². The summed E-state index contributed by atoms with van der Waals surface area (Å²) in [5.41, 5.74) is 3.59. The van der Waals surface area contributed by atoms with Gasteiger partial charge in [-0.2, -0.15) is 15.0 Å².